The molecule has 18 heavy (non-hydrogen) atoms. The Morgan fingerprint density at radius 1 is 1.22 bits per heavy atom. The summed E-state index contributed by atoms with van der Waals surface area (Å²) in [6.45, 7) is 4.18. The highest BCUT2D eigenvalue weighted by atomic mass is 16.4. The van der Waals surface area contributed by atoms with Crippen LogP contribution in [-0.2, 0) is 4.79 Å². The number of hydrogen-bond donors (Lipinski definition) is 1. The zero-order valence-electron chi connectivity index (χ0n) is 11.7. The predicted molar refractivity (Wildman–Crippen MR) is 72.7 cm³/mol. The van der Waals surface area contributed by atoms with Gasteiger partial charge in [-0.25, -0.2) is 0 Å². The third kappa shape index (κ3) is 2.71. The molecule has 2 atom stereocenters. The molecule has 0 aromatic carbocycles. The summed E-state index contributed by atoms with van der Waals surface area (Å²) >= 11 is 0. The standard InChI is InChI=1S/C15H27NO2/c1-2-13-8-7-9-15(12-13,14(17)18)16-10-5-3-4-6-11-16/h13H,2-12H2,1H3,(H,17,18). The first-order valence-electron chi connectivity index (χ1n) is 7.67. The van der Waals surface area contributed by atoms with Gasteiger partial charge in [-0.2, -0.15) is 0 Å². The molecule has 3 heteroatoms. The Hall–Kier alpha value is -0.570. The lowest BCUT2D eigenvalue weighted by Crippen LogP contribution is -2.57. The minimum atomic E-state index is -0.567. The highest BCUT2D eigenvalue weighted by Crippen LogP contribution is 2.39. The molecule has 1 saturated heterocycles. The molecule has 2 fully saturated rings. The Balaban J connectivity index is 2.16. The van der Waals surface area contributed by atoms with Crippen molar-refractivity contribution in [2.45, 2.75) is 70.3 Å². The van der Waals surface area contributed by atoms with Crippen molar-refractivity contribution >= 4 is 5.97 Å². The van der Waals surface area contributed by atoms with Gasteiger partial charge in [-0.15, -0.1) is 0 Å². The summed E-state index contributed by atoms with van der Waals surface area (Å²) in [4.78, 5) is 14.2. The van der Waals surface area contributed by atoms with E-state index in [0.29, 0.717) is 5.92 Å². The van der Waals surface area contributed by atoms with Crippen LogP contribution in [0.1, 0.15) is 64.7 Å². The van der Waals surface area contributed by atoms with Gasteiger partial charge in [-0.05, 0) is 44.7 Å². The summed E-state index contributed by atoms with van der Waals surface area (Å²) in [7, 11) is 0. The van der Waals surface area contributed by atoms with E-state index in [9.17, 15) is 9.90 Å². The average molecular weight is 253 g/mol. The molecule has 1 N–H and O–H groups in total. The second kappa shape index (κ2) is 6.05. The van der Waals surface area contributed by atoms with E-state index >= 15 is 0 Å². The summed E-state index contributed by atoms with van der Waals surface area (Å²) in [6.07, 6.45) is 10.0. The molecule has 1 aliphatic carbocycles. The zero-order valence-corrected chi connectivity index (χ0v) is 11.7. The second-order valence-electron chi connectivity index (χ2n) is 6.11. The molecule has 1 saturated carbocycles. The Kier molecular flexibility index (Phi) is 4.66. The van der Waals surface area contributed by atoms with Gasteiger partial charge in [-0.3, -0.25) is 9.69 Å². The van der Waals surface area contributed by atoms with Crippen LogP contribution in [-0.4, -0.2) is 34.6 Å². The molecule has 3 nitrogen and oxygen atoms in total. The lowest BCUT2D eigenvalue weighted by molar-refractivity contribution is -0.155. The Bertz CT molecular complexity index is 284. The first-order chi connectivity index (χ1) is 8.69. The van der Waals surface area contributed by atoms with E-state index in [2.05, 4.69) is 11.8 Å². The van der Waals surface area contributed by atoms with Crippen LogP contribution in [0, 0.1) is 5.92 Å². The van der Waals surface area contributed by atoms with E-state index in [-0.39, 0.29) is 0 Å². The van der Waals surface area contributed by atoms with Gasteiger partial charge in [0.25, 0.3) is 0 Å². The number of hydrogen-bond acceptors (Lipinski definition) is 2. The number of nitrogens with zero attached hydrogens (tertiary/aromatic N) is 1. The first-order valence-corrected chi connectivity index (χ1v) is 7.67. The highest BCUT2D eigenvalue weighted by Gasteiger charge is 2.46. The number of carboxylic acids is 1. The number of likely N-dealkylation sites (tertiary alicyclic amines) is 1. The molecule has 0 radical (unpaired) electrons. The van der Waals surface area contributed by atoms with E-state index in [1.165, 1.54) is 32.1 Å². The molecule has 2 unspecified atom stereocenters. The maximum Gasteiger partial charge on any atom is 0.324 e. The van der Waals surface area contributed by atoms with E-state index in [1.807, 2.05) is 0 Å². The van der Waals surface area contributed by atoms with Gasteiger partial charge in [0.2, 0.25) is 0 Å². The van der Waals surface area contributed by atoms with Gasteiger partial charge >= 0.3 is 5.97 Å². The zero-order chi connectivity index (χ0) is 13.0. The van der Waals surface area contributed by atoms with Gasteiger partial charge in [0.15, 0.2) is 0 Å². The third-order valence-corrected chi connectivity index (χ3v) is 5.02. The largest absolute Gasteiger partial charge is 0.480 e. The summed E-state index contributed by atoms with van der Waals surface area (Å²) < 4.78 is 0. The summed E-state index contributed by atoms with van der Waals surface area (Å²) in [5.74, 6) is 0.0423. The van der Waals surface area contributed by atoms with E-state index < -0.39 is 11.5 Å². The van der Waals surface area contributed by atoms with Crippen molar-refractivity contribution < 1.29 is 9.90 Å². The predicted octanol–water partition coefficient (Wildman–Crippen LogP) is 3.29. The van der Waals surface area contributed by atoms with Crippen LogP contribution < -0.4 is 0 Å². The van der Waals surface area contributed by atoms with Crippen molar-refractivity contribution in [3.05, 3.63) is 0 Å². The number of aliphatic carboxylic acids is 1. The van der Waals surface area contributed by atoms with Crippen molar-refractivity contribution in [2.24, 2.45) is 5.92 Å². The van der Waals surface area contributed by atoms with Crippen LogP contribution in [0.3, 0.4) is 0 Å². The summed E-state index contributed by atoms with van der Waals surface area (Å²) in [5.41, 5.74) is -0.538. The average Bonchev–Trinajstić information content (AvgIpc) is 2.67. The lowest BCUT2D eigenvalue weighted by Gasteiger charge is -2.45. The van der Waals surface area contributed by atoms with Crippen molar-refractivity contribution in [1.82, 2.24) is 4.90 Å². The van der Waals surface area contributed by atoms with Crippen LogP contribution >= 0.6 is 0 Å². The molecule has 0 aromatic rings. The minimum absolute atomic E-state index is 0.538. The maximum absolute atomic E-state index is 11.9. The summed E-state index contributed by atoms with van der Waals surface area (Å²) in [5, 5.41) is 9.80. The minimum Gasteiger partial charge on any atom is -0.480 e. The molecule has 0 aromatic heterocycles. The van der Waals surface area contributed by atoms with E-state index in [4.69, 9.17) is 0 Å². The van der Waals surface area contributed by atoms with Crippen molar-refractivity contribution in [3.8, 4) is 0 Å². The molecule has 0 amide bonds. The van der Waals surface area contributed by atoms with Crippen molar-refractivity contribution in [3.63, 3.8) is 0 Å². The number of carbonyl (C=O) groups is 1. The molecule has 1 aliphatic heterocycles. The molecular formula is C15H27NO2. The van der Waals surface area contributed by atoms with Crippen LogP contribution in [0.4, 0.5) is 0 Å². The molecule has 104 valence electrons. The number of rotatable bonds is 3. The Labute approximate surface area is 111 Å². The van der Waals surface area contributed by atoms with Gasteiger partial charge in [-0.1, -0.05) is 39.0 Å². The SMILES string of the molecule is CCC1CCCC(C(=O)O)(N2CCCCCC2)C1. The topological polar surface area (TPSA) is 40.5 Å². The lowest BCUT2D eigenvalue weighted by atomic mass is 9.73. The van der Waals surface area contributed by atoms with Crippen molar-refractivity contribution in [2.75, 3.05) is 13.1 Å². The second-order valence-corrected chi connectivity index (χ2v) is 6.11. The highest BCUT2D eigenvalue weighted by molar-refractivity contribution is 5.79. The van der Waals surface area contributed by atoms with Crippen LogP contribution in [0.25, 0.3) is 0 Å². The third-order valence-electron chi connectivity index (χ3n) is 5.02. The maximum atomic E-state index is 11.9. The van der Waals surface area contributed by atoms with E-state index in [1.54, 1.807) is 0 Å². The van der Waals surface area contributed by atoms with Crippen molar-refractivity contribution in [1.29, 1.82) is 0 Å². The van der Waals surface area contributed by atoms with E-state index in [0.717, 1.165) is 38.8 Å². The van der Waals surface area contributed by atoms with Gasteiger partial charge in [0.05, 0.1) is 0 Å². The van der Waals surface area contributed by atoms with Crippen LogP contribution in [0.5, 0.6) is 0 Å². The van der Waals surface area contributed by atoms with Gasteiger partial charge in [0, 0.05) is 0 Å². The molecule has 2 aliphatic rings. The molecule has 0 bridgehead atoms. The molecular weight excluding hydrogens is 226 g/mol. The summed E-state index contributed by atoms with van der Waals surface area (Å²) in [6, 6.07) is 0. The molecule has 1 heterocycles. The number of carboxylic acid groups (broad SMARTS) is 1. The normalized spacial score (nSPS) is 35.1. The fourth-order valence-electron chi connectivity index (χ4n) is 3.83. The first kappa shape index (κ1) is 13.9. The monoisotopic (exact) mass is 253 g/mol. The fourth-order valence-corrected chi connectivity index (χ4v) is 3.83. The van der Waals surface area contributed by atoms with Gasteiger partial charge < -0.3 is 5.11 Å². The fraction of sp³-hybridized carbons (Fsp3) is 0.933. The molecule has 0 spiro atoms. The Morgan fingerprint density at radius 2 is 1.89 bits per heavy atom. The Morgan fingerprint density at radius 3 is 2.44 bits per heavy atom. The molecule has 2 rings (SSSR count). The van der Waals surface area contributed by atoms with Crippen LogP contribution in [0.2, 0.25) is 0 Å². The van der Waals surface area contributed by atoms with Gasteiger partial charge in [0.1, 0.15) is 5.54 Å². The van der Waals surface area contributed by atoms with Crippen LogP contribution in [0.15, 0.2) is 0 Å². The smallest absolute Gasteiger partial charge is 0.324 e. The quantitative estimate of drug-likeness (QED) is 0.839.